The van der Waals surface area contributed by atoms with Crippen LogP contribution in [0.25, 0.3) is 0 Å². The monoisotopic (exact) mass is 555 g/mol. The second-order valence-corrected chi connectivity index (χ2v) is 11.0. The van der Waals surface area contributed by atoms with Gasteiger partial charge in [-0.2, -0.15) is 0 Å². The third kappa shape index (κ3) is 8.03. The minimum absolute atomic E-state index is 0.0157. The number of benzene rings is 3. The summed E-state index contributed by atoms with van der Waals surface area (Å²) in [6, 6.07) is 21.2. The van der Waals surface area contributed by atoms with E-state index in [2.05, 4.69) is 5.32 Å². The molecule has 2 amide bonds. The zero-order chi connectivity index (χ0) is 28.4. The molecule has 0 aliphatic carbocycles. The molecule has 0 radical (unpaired) electrons. The molecule has 1 N–H and O–H groups in total. The number of amides is 2. The van der Waals surface area contributed by atoms with E-state index in [1.54, 1.807) is 42.5 Å². The summed E-state index contributed by atoms with van der Waals surface area (Å²) in [4.78, 5) is 28.0. The predicted molar refractivity (Wildman–Crippen MR) is 149 cm³/mol. The van der Waals surface area contributed by atoms with Gasteiger partial charge in [-0.1, -0.05) is 60.7 Å². The molecular formula is C29H34FN3O5S. The summed E-state index contributed by atoms with van der Waals surface area (Å²) >= 11 is 0. The predicted octanol–water partition coefficient (Wildman–Crippen LogP) is 3.77. The summed E-state index contributed by atoms with van der Waals surface area (Å²) in [5.41, 5.74) is 1.49. The van der Waals surface area contributed by atoms with Crippen LogP contribution in [0.15, 0.2) is 78.9 Å². The Morgan fingerprint density at radius 2 is 1.62 bits per heavy atom. The average molecular weight is 556 g/mol. The molecule has 3 aromatic carbocycles. The fourth-order valence-electron chi connectivity index (χ4n) is 4.35. The number of sulfonamides is 1. The van der Waals surface area contributed by atoms with Crippen molar-refractivity contribution in [3.8, 4) is 5.75 Å². The SMILES string of the molecule is CNC(=O)[C@@H](Cc1ccccc1)N(Cc1ccccc1F)C(=O)CCCN(c1ccccc1OC)S(C)(=O)=O. The molecule has 0 unspecified atom stereocenters. The van der Waals surface area contributed by atoms with Gasteiger partial charge in [0.05, 0.1) is 19.1 Å². The van der Waals surface area contributed by atoms with Gasteiger partial charge in [-0.25, -0.2) is 12.8 Å². The highest BCUT2D eigenvalue weighted by Crippen LogP contribution is 2.30. The second-order valence-electron chi connectivity index (χ2n) is 9.04. The van der Waals surface area contributed by atoms with Crippen LogP contribution in [0.5, 0.6) is 5.75 Å². The quantitative estimate of drug-likeness (QED) is 0.347. The lowest BCUT2D eigenvalue weighted by molar-refractivity contribution is -0.141. The van der Waals surface area contributed by atoms with E-state index in [-0.39, 0.29) is 43.8 Å². The van der Waals surface area contributed by atoms with E-state index >= 15 is 0 Å². The average Bonchev–Trinajstić information content (AvgIpc) is 2.93. The summed E-state index contributed by atoms with van der Waals surface area (Å²) in [7, 11) is -0.740. The number of nitrogens with zero attached hydrogens (tertiary/aromatic N) is 2. The fraction of sp³-hybridized carbons (Fsp3) is 0.310. The van der Waals surface area contributed by atoms with Crippen molar-refractivity contribution in [3.63, 3.8) is 0 Å². The number of halogens is 1. The number of likely N-dealkylation sites (N-methyl/N-ethyl adjacent to an activating group) is 1. The number of methoxy groups -OCH3 is 1. The highest BCUT2D eigenvalue weighted by atomic mass is 32.2. The van der Waals surface area contributed by atoms with E-state index in [1.165, 1.54) is 29.4 Å². The summed E-state index contributed by atoms with van der Waals surface area (Å²) in [6.45, 7) is -0.0967. The normalized spacial score (nSPS) is 11.9. The van der Waals surface area contributed by atoms with Gasteiger partial charge in [0.15, 0.2) is 0 Å². The molecule has 0 bridgehead atoms. The van der Waals surface area contributed by atoms with Crippen LogP contribution in [-0.4, -0.2) is 58.1 Å². The minimum atomic E-state index is -3.68. The lowest BCUT2D eigenvalue weighted by atomic mass is 10.0. The van der Waals surface area contributed by atoms with Crippen LogP contribution in [0.4, 0.5) is 10.1 Å². The molecule has 8 nitrogen and oxygen atoms in total. The van der Waals surface area contributed by atoms with Gasteiger partial charge >= 0.3 is 0 Å². The van der Waals surface area contributed by atoms with Crippen LogP contribution < -0.4 is 14.4 Å². The van der Waals surface area contributed by atoms with Crippen molar-refractivity contribution >= 4 is 27.5 Å². The Kier molecular flexibility index (Phi) is 10.4. The first kappa shape index (κ1) is 29.6. The standard InChI is InChI=1S/C29H34FN3O5S/c1-31-29(35)26(20-22-12-5-4-6-13-22)32(21-23-14-7-8-15-24(23)30)28(34)18-11-19-33(39(3,36)37)25-16-9-10-17-27(25)38-2/h4-10,12-17,26H,11,18-21H2,1-3H3,(H,31,35)/t26-/m1/s1. The van der Waals surface area contributed by atoms with Crippen LogP contribution in [-0.2, 0) is 32.6 Å². The van der Waals surface area contributed by atoms with Crippen molar-refractivity contribution in [3.05, 3.63) is 95.8 Å². The topological polar surface area (TPSA) is 96.0 Å². The van der Waals surface area contributed by atoms with Gasteiger partial charge in [0, 0.05) is 38.5 Å². The van der Waals surface area contributed by atoms with Crippen LogP contribution in [0, 0.1) is 5.82 Å². The summed E-state index contributed by atoms with van der Waals surface area (Å²) in [6.07, 6.45) is 1.44. The summed E-state index contributed by atoms with van der Waals surface area (Å²) in [5, 5.41) is 2.62. The number of nitrogens with one attached hydrogen (secondary N) is 1. The highest BCUT2D eigenvalue weighted by molar-refractivity contribution is 7.92. The smallest absolute Gasteiger partial charge is 0.242 e. The van der Waals surface area contributed by atoms with Crippen LogP contribution in [0.2, 0.25) is 0 Å². The molecule has 0 saturated heterocycles. The molecule has 0 fully saturated rings. The van der Waals surface area contributed by atoms with E-state index < -0.39 is 27.8 Å². The van der Waals surface area contributed by atoms with Crippen molar-refractivity contribution in [2.24, 2.45) is 0 Å². The molecule has 39 heavy (non-hydrogen) atoms. The Bertz CT molecular complexity index is 1370. The first-order valence-corrected chi connectivity index (χ1v) is 14.4. The Morgan fingerprint density at radius 3 is 2.26 bits per heavy atom. The van der Waals surface area contributed by atoms with Crippen molar-refractivity contribution in [2.75, 3.05) is 31.3 Å². The third-order valence-corrected chi connectivity index (χ3v) is 7.50. The first-order chi connectivity index (χ1) is 18.7. The minimum Gasteiger partial charge on any atom is -0.495 e. The Hall–Kier alpha value is -3.92. The summed E-state index contributed by atoms with van der Waals surface area (Å²) in [5.74, 6) is -0.866. The maximum absolute atomic E-state index is 14.6. The van der Waals surface area contributed by atoms with Gasteiger partial charge in [0.2, 0.25) is 21.8 Å². The number of anilines is 1. The molecule has 10 heteroatoms. The Balaban J connectivity index is 1.87. The second kappa shape index (κ2) is 13.7. The van der Waals surface area contributed by atoms with Crippen LogP contribution in [0.3, 0.4) is 0 Å². The number of ether oxygens (including phenoxy) is 1. The molecule has 1 atom stereocenters. The van der Waals surface area contributed by atoms with Crippen molar-refractivity contribution in [1.29, 1.82) is 0 Å². The van der Waals surface area contributed by atoms with Gasteiger partial charge in [-0.15, -0.1) is 0 Å². The van der Waals surface area contributed by atoms with Gasteiger partial charge in [0.1, 0.15) is 17.6 Å². The number of carbonyl (C=O) groups excluding carboxylic acids is 2. The zero-order valence-electron chi connectivity index (χ0n) is 22.3. The maximum Gasteiger partial charge on any atom is 0.242 e. The molecule has 0 heterocycles. The molecule has 0 spiro atoms. The lowest BCUT2D eigenvalue weighted by Crippen LogP contribution is -2.50. The largest absolute Gasteiger partial charge is 0.495 e. The number of hydrogen-bond donors (Lipinski definition) is 1. The van der Waals surface area contributed by atoms with Gasteiger partial charge in [-0.05, 0) is 30.2 Å². The molecule has 208 valence electrons. The van der Waals surface area contributed by atoms with Gasteiger partial charge < -0.3 is 15.0 Å². The number of rotatable bonds is 13. The van der Waals surface area contributed by atoms with Crippen LogP contribution in [0.1, 0.15) is 24.0 Å². The van der Waals surface area contributed by atoms with Crippen molar-refractivity contribution in [1.82, 2.24) is 10.2 Å². The maximum atomic E-state index is 14.6. The molecule has 0 saturated carbocycles. The number of hydrogen-bond acceptors (Lipinski definition) is 5. The van der Waals surface area contributed by atoms with Crippen LogP contribution >= 0.6 is 0 Å². The fourth-order valence-corrected chi connectivity index (χ4v) is 5.32. The van der Waals surface area contributed by atoms with E-state index in [0.29, 0.717) is 11.4 Å². The molecule has 0 aromatic heterocycles. The number of carbonyl (C=O) groups is 2. The molecule has 3 rings (SSSR count). The molecule has 0 aliphatic heterocycles. The lowest BCUT2D eigenvalue weighted by Gasteiger charge is -2.31. The van der Waals surface area contributed by atoms with Gasteiger partial charge in [0.25, 0.3) is 0 Å². The molecular weight excluding hydrogens is 521 g/mol. The molecule has 0 aliphatic rings. The third-order valence-electron chi connectivity index (χ3n) is 6.32. The Morgan fingerprint density at radius 1 is 0.974 bits per heavy atom. The number of para-hydroxylation sites is 2. The Labute approximate surface area is 229 Å². The van der Waals surface area contributed by atoms with E-state index in [9.17, 15) is 22.4 Å². The zero-order valence-corrected chi connectivity index (χ0v) is 23.2. The summed E-state index contributed by atoms with van der Waals surface area (Å²) < 4.78 is 46.4. The van der Waals surface area contributed by atoms with E-state index in [0.717, 1.165) is 11.8 Å². The van der Waals surface area contributed by atoms with Gasteiger partial charge in [-0.3, -0.25) is 13.9 Å². The molecule has 3 aromatic rings. The van der Waals surface area contributed by atoms with E-state index in [1.807, 2.05) is 30.3 Å². The first-order valence-electron chi connectivity index (χ1n) is 12.5. The van der Waals surface area contributed by atoms with Crippen molar-refractivity contribution in [2.45, 2.75) is 31.8 Å². The highest BCUT2D eigenvalue weighted by Gasteiger charge is 2.30. The van der Waals surface area contributed by atoms with E-state index in [4.69, 9.17) is 4.74 Å². The van der Waals surface area contributed by atoms with Crippen molar-refractivity contribution < 1.29 is 27.1 Å².